The van der Waals surface area contributed by atoms with Gasteiger partial charge in [-0.2, -0.15) is 0 Å². The molecule has 0 saturated carbocycles. The van der Waals surface area contributed by atoms with E-state index in [0.29, 0.717) is 0 Å². The Balaban J connectivity index is 0.000000364. The molecule has 0 radical (unpaired) electrons. The lowest BCUT2D eigenvalue weighted by Crippen LogP contribution is -2.44. The zero-order chi connectivity index (χ0) is 14.8. The van der Waals surface area contributed by atoms with Gasteiger partial charge in [0.1, 0.15) is 0 Å². The Labute approximate surface area is 133 Å². The fraction of sp³-hybridized carbons (Fsp3) is 1.00. The fourth-order valence-electron chi connectivity index (χ4n) is 2.71. The lowest BCUT2D eigenvalue weighted by Gasteiger charge is -2.28. The van der Waals surface area contributed by atoms with Crippen molar-refractivity contribution in [3.05, 3.63) is 0 Å². The van der Waals surface area contributed by atoms with Gasteiger partial charge in [-0.25, -0.2) is 0 Å². The van der Waals surface area contributed by atoms with E-state index in [1.54, 1.807) is 0 Å². The van der Waals surface area contributed by atoms with E-state index in [1.807, 2.05) is 0 Å². The number of piperazine rings is 1. The van der Waals surface area contributed by atoms with Gasteiger partial charge in [0.25, 0.3) is 0 Å². The van der Waals surface area contributed by atoms with Gasteiger partial charge in [0, 0.05) is 52.4 Å². The number of ether oxygens (including phenoxy) is 1. The first kappa shape index (κ1) is 20.8. The van der Waals surface area contributed by atoms with Crippen LogP contribution in [0.4, 0.5) is 0 Å². The number of rotatable bonds is 4. The summed E-state index contributed by atoms with van der Waals surface area (Å²) in [4.78, 5) is 5.00. The molecule has 0 aromatic heterocycles. The van der Waals surface area contributed by atoms with Crippen molar-refractivity contribution in [2.24, 2.45) is 11.8 Å². The number of hydrogen-bond donors (Lipinski definition) is 1. The van der Waals surface area contributed by atoms with Crippen molar-refractivity contribution in [3.8, 4) is 0 Å². The zero-order valence-electron chi connectivity index (χ0n) is 14.0. The number of hydrogen-bond acceptors (Lipinski definition) is 4. The van der Waals surface area contributed by atoms with Gasteiger partial charge >= 0.3 is 0 Å². The van der Waals surface area contributed by atoms with Gasteiger partial charge in [0.15, 0.2) is 0 Å². The van der Waals surface area contributed by atoms with Crippen LogP contribution < -0.4 is 5.32 Å². The molecule has 0 unspecified atom stereocenters. The molecule has 1 N–H and O–H groups in total. The van der Waals surface area contributed by atoms with Gasteiger partial charge in [-0.15, -0.1) is 0 Å². The molecule has 21 heavy (non-hydrogen) atoms. The predicted octanol–water partition coefficient (Wildman–Crippen LogP) is 2.16. The van der Waals surface area contributed by atoms with E-state index in [1.165, 1.54) is 39.3 Å². The van der Waals surface area contributed by atoms with E-state index in [0.717, 1.165) is 38.1 Å². The highest BCUT2D eigenvalue weighted by atomic mass is 16.5. The minimum atomic E-state index is 0. The number of morpholine rings is 1. The first-order chi connectivity index (χ1) is 9.58. The van der Waals surface area contributed by atoms with E-state index in [9.17, 15) is 0 Å². The van der Waals surface area contributed by atoms with Crippen molar-refractivity contribution in [2.45, 2.75) is 35.1 Å². The van der Waals surface area contributed by atoms with Crippen LogP contribution in [-0.2, 0) is 4.74 Å². The third-order valence-corrected chi connectivity index (χ3v) is 3.56. The first-order valence-corrected chi connectivity index (χ1v) is 8.31. The second-order valence-corrected chi connectivity index (χ2v) is 6.75. The van der Waals surface area contributed by atoms with Gasteiger partial charge in [0.2, 0.25) is 0 Å². The summed E-state index contributed by atoms with van der Waals surface area (Å²) in [6, 6.07) is 0. The fourth-order valence-corrected chi connectivity index (χ4v) is 2.71. The molecule has 2 saturated heterocycles. The molecule has 2 heterocycles. The van der Waals surface area contributed by atoms with Crippen LogP contribution in [0.1, 0.15) is 35.1 Å². The van der Waals surface area contributed by atoms with E-state index in [4.69, 9.17) is 4.74 Å². The van der Waals surface area contributed by atoms with Crippen molar-refractivity contribution in [1.29, 1.82) is 0 Å². The first-order valence-electron chi connectivity index (χ1n) is 8.31. The Hall–Kier alpha value is -0.160. The highest BCUT2D eigenvalue weighted by Gasteiger charge is 2.10. The average Bonchev–Trinajstić information content (AvgIpc) is 2.40. The van der Waals surface area contributed by atoms with Crippen molar-refractivity contribution < 1.29 is 4.74 Å². The van der Waals surface area contributed by atoms with Crippen LogP contribution in [0.25, 0.3) is 0 Å². The van der Waals surface area contributed by atoms with Gasteiger partial charge in [-0.1, -0.05) is 35.1 Å². The van der Waals surface area contributed by atoms with Crippen LogP contribution >= 0.6 is 0 Å². The quantitative estimate of drug-likeness (QED) is 0.861. The monoisotopic (exact) mass is 301 g/mol. The predicted molar refractivity (Wildman–Crippen MR) is 93.0 cm³/mol. The standard InChI is InChI=1S/C8H18N2.C8H17NO.CH4/c1-8(2)7-10-5-3-9-4-6-10;1-8(2)7-9-3-5-10-6-4-9;/h8-9H,3-7H2,1-2H3;8H,3-7H2,1-2H3;1H4. The molecule has 0 aromatic carbocycles. The molecule has 0 spiro atoms. The average molecular weight is 302 g/mol. The molecule has 2 aliphatic rings. The zero-order valence-corrected chi connectivity index (χ0v) is 14.0. The van der Waals surface area contributed by atoms with Crippen LogP contribution in [-0.4, -0.2) is 75.4 Å². The number of nitrogens with zero attached hydrogens (tertiary/aromatic N) is 2. The normalized spacial score (nSPS) is 20.9. The smallest absolute Gasteiger partial charge is 0.0594 e. The molecular formula is C17H39N3O. The van der Waals surface area contributed by atoms with E-state index in [-0.39, 0.29) is 7.43 Å². The second kappa shape index (κ2) is 12.4. The van der Waals surface area contributed by atoms with Crippen LogP contribution in [0.5, 0.6) is 0 Å². The lowest BCUT2D eigenvalue weighted by atomic mass is 10.2. The summed E-state index contributed by atoms with van der Waals surface area (Å²) < 4.78 is 5.24. The van der Waals surface area contributed by atoms with E-state index in [2.05, 4.69) is 42.8 Å². The van der Waals surface area contributed by atoms with Gasteiger partial charge < -0.3 is 15.0 Å². The molecule has 4 nitrogen and oxygen atoms in total. The third kappa shape index (κ3) is 11.1. The van der Waals surface area contributed by atoms with Gasteiger partial charge in [0.05, 0.1) is 13.2 Å². The Bertz CT molecular complexity index is 198. The summed E-state index contributed by atoms with van der Waals surface area (Å²) in [5.74, 6) is 1.61. The Morgan fingerprint density at radius 3 is 1.67 bits per heavy atom. The minimum absolute atomic E-state index is 0. The molecule has 128 valence electrons. The highest BCUT2D eigenvalue weighted by Crippen LogP contribution is 2.01. The molecule has 0 aliphatic carbocycles. The number of nitrogens with one attached hydrogen (secondary N) is 1. The maximum absolute atomic E-state index is 5.24. The van der Waals surface area contributed by atoms with Crippen LogP contribution in [0.15, 0.2) is 0 Å². The van der Waals surface area contributed by atoms with Crippen molar-refractivity contribution in [2.75, 3.05) is 65.6 Å². The maximum Gasteiger partial charge on any atom is 0.0594 e. The summed E-state index contributed by atoms with van der Waals surface area (Å²) in [6.07, 6.45) is 0. The molecule has 0 aromatic rings. The third-order valence-electron chi connectivity index (χ3n) is 3.56. The molecule has 0 bridgehead atoms. The van der Waals surface area contributed by atoms with Crippen LogP contribution in [0.2, 0.25) is 0 Å². The van der Waals surface area contributed by atoms with Crippen molar-refractivity contribution >= 4 is 0 Å². The summed E-state index contributed by atoms with van der Waals surface area (Å²) in [5.41, 5.74) is 0. The summed E-state index contributed by atoms with van der Waals surface area (Å²) in [6.45, 7) is 20.5. The SMILES string of the molecule is C.CC(C)CN1CCNCC1.CC(C)CN1CCOCC1. The van der Waals surface area contributed by atoms with Crippen molar-refractivity contribution in [3.63, 3.8) is 0 Å². The molecule has 0 atom stereocenters. The Morgan fingerprint density at radius 2 is 1.24 bits per heavy atom. The van der Waals surface area contributed by atoms with Crippen molar-refractivity contribution in [1.82, 2.24) is 15.1 Å². The van der Waals surface area contributed by atoms with Gasteiger partial charge in [-0.3, -0.25) is 4.90 Å². The molecule has 4 heteroatoms. The topological polar surface area (TPSA) is 27.7 Å². The molecule has 2 fully saturated rings. The summed E-state index contributed by atoms with van der Waals surface area (Å²) in [5, 5.41) is 3.35. The van der Waals surface area contributed by atoms with Crippen LogP contribution in [0.3, 0.4) is 0 Å². The largest absolute Gasteiger partial charge is 0.379 e. The van der Waals surface area contributed by atoms with Crippen LogP contribution in [0, 0.1) is 11.8 Å². The highest BCUT2D eigenvalue weighted by molar-refractivity contribution is 4.68. The molecule has 0 amide bonds. The minimum Gasteiger partial charge on any atom is -0.379 e. The lowest BCUT2D eigenvalue weighted by molar-refractivity contribution is 0.0329. The molecule has 2 rings (SSSR count). The summed E-state index contributed by atoms with van der Waals surface area (Å²) >= 11 is 0. The summed E-state index contributed by atoms with van der Waals surface area (Å²) in [7, 11) is 0. The van der Waals surface area contributed by atoms with E-state index >= 15 is 0 Å². The Kier molecular flexibility index (Phi) is 12.3. The maximum atomic E-state index is 5.24. The van der Waals surface area contributed by atoms with E-state index < -0.39 is 0 Å². The Morgan fingerprint density at radius 1 is 0.810 bits per heavy atom. The van der Waals surface area contributed by atoms with Gasteiger partial charge in [-0.05, 0) is 11.8 Å². The second-order valence-electron chi connectivity index (χ2n) is 6.75. The molecule has 2 aliphatic heterocycles. The molecular weight excluding hydrogens is 262 g/mol.